The van der Waals surface area contributed by atoms with Crippen LogP contribution in [0.1, 0.15) is 24.8 Å². The van der Waals surface area contributed by atoms with E-state index in [1.54, 1.807) is 20.1 Å². The molecule has 104 valence electrons. The second-order valence-electron chi connectivity index (χ2n) is 4.73. The molecule has 19 heavy (non-hydrogen) atoms. The van der Waals surface area contributed by atoms with E-state index in [0.717, 1.165) is 5.56 Å². The van der Waals surface area contributed by atoms with Crippen molar-refractivity contribution in [2.75, 3.05) is 20.8 Å². The number of nitro groups is 1. The van der Waals surface area contributed by atoms with Gasteiger partial charge in [-0.2, -0.15) is 0 Å². The van der Waals surface area contributed by atoms with Gasteiger partial charge in [0, 0.05) is 30.9 Å². The first-order valence-corrected chi connectivity index (χ1v) is 6.02. The number of benzene rings is 1. The zero-order valence-corrected chi connectivity index (χ0v) is 11.2. The van der Waals surface area contributed by atoms with Gasteiger partial charge in [-0.3, -0.25) is 10.1 Å². The third-order valence-corrected chi connectivity index (χ3v) is 3.41. The maximum absolute atomic E-state index is 10.8. The van der Waals surface area contributed by atoms with E-state index in [4.69, 9.17) is 14.2 Å². The number of nitrogens with zero attached hydrogens (tertiary/aromatic N) is 1. The Hall–Kier alpha value is -1.82. The molecule has 0 aliphatic carbocycles. The van der Waals surface area contributed by atoms with Crippen LogP contribution in [-0.4, -0.2) is 31.5 Å². The summed E-state index contributed by atoms with van der Waals surface area (Å²) in [6.45, 7) is 1.62. The molecule has 0 bridgehead atoms. The van der Waals surface area contributed by atoms with Crippen molar-refractivity contribution in [2.24, 2.45) is 0 Å². The quantitative estimate of drug-likeness (QED) is 0.617. The molecule has 6 heteroatoms. The van der Waals surface area contributed by atoms with Crippen LogP contribution in [0.2, 0.25) is 0 Å². The molecule has 0 amide bonds. The van der Waals surface area contributed by atoms with E-state index in [1.165, 1.54) is 7.11 Å². The first kappa shape index (κ1) is 13.6. The van der Waals surface area contributed by atoms with Crippen molar-refractivity contribution in [3.63, 3.8) is 0 Å². The van der Waals surface area contributed by atoms with Gasteiger partial charge in [0.15, 0.2) is 11.5 Å². The molecular weight excluding hydrogens is 250 g/mol. The third-order valence-electron chi connectivity index (χ3n) is 3.41. The van der Waals surface area contributed by atoms with Gasteiger partial charge in [0.1, 0.15) is 0 Å². The average molecular weight is 267 g/mol. The highest BCUT2D eigenvalue weighted by Gasteiger charge is 2.40. The van der Waals surface area contributed by atoms with Gasteiger partial charge in [-0.25, -0.2) is 0 Å². The van der Waals surface area contributed by atoms with Gasteiger partial charge in [-0.15, -0.1) is 0 Å². The van der Waals surface area contributed by atoms with E-state index in [0.29, 0.717) is 17.9 Å². The lowest BCUT2D eigenvalue weighted by atomic mass is 9.88. The standard InChI is InChI=1S/C13H17NO5/c1-13(18-3)7-9(8-14(15)16)10-5-4-6-11(17-2)12(10)19-13/h4-6,9H,7-8H2,1-3H3/t9-,13+/m1/s1. The maximum atomic E-state index is 10.8. The minimum absolute atomic E-state index is 0.150. The van der Waals surface area contributed by atoms with Crippen molar-refractivity contribution in [2.45, 2.75) is 25.0 Å². The summed E-state index contributed by atoms with van der Waals surface area (Å²) in [5.74, 6) is -0.0254. The van der Waals surface area contributed by atoms with Crippen molar-refractivity contribution in [1.29, 1.82) is 0 Å². The zero-order valence-electron chi connectivity index (χ0n) is 11.2. The van der Waals surface area contributed by atoms with Crippen LogP contribution in [0.5, 0.6) is 11.5 Å². The van der Waals surface area contributed by atoms with E-state index >= 15 is 0 Å². The van der Waals surface area contributed by atoms with E-state index in [-0.39, 0.29) is 17.4 Å². The Labute approximate surface area is 111 Å². The van der Waals surface area contributed by atoms with Gasteiger partial charge < -0.3 is 14.2 Å². The van der Waals surface area contributed by atoms with Crippen LogP contribution in [-0.2, 0) is 4.74 Å². The van der Waals surface area contributed by atoms with Crippen molar-refractivity contribution in [3.05, 3.63) is 33.9 Å². The Bertz CT molecular complexity index is 490. The number of para-hydroxylation sites is 1. The summed E-state index contributed by atoms with van der Waals surface area (Å²) < 4.78 is 16.4. The van der Waals surface area contributed by atoms with Crippen molar-refractivity contribution in [1.82, 2.24) is 0 Å². The summed E-state index contributed by atoms with van der Waals surface area (Å²) in [5, 5.41) is 10.8. The number of methoxy groups -OCH3 is 2. The average Bonchev–Trinajstić information content (AvgIpc) is 2.37. The lowest BCUT2D eigenvalue weighted by Crippen LogP contribution is -2.41. The number of fused-ring (bicyclic) bond motifs is 1. The highest BCUT2D eigenvalue weighted by molar-refractivity contribution is 5.50. The van der Waals surface area contributed by atoms with E-state index in [2.05, 4.69) is 0 Å². The zero-order chi connectivity index (χ0) is 14.0. The van der Waals surface area contributed by atoms with E-state index < -0.39 is 5.79 Å². The smallest absolute Gasteiger partial charge is 0.211 e. The molecule has 1 aliphatic rings. The topological polar surface area (TPSA) is 70.8 Å². The van der Waals surface area contributed by atoms with Crippen LogP contribution in [0.15, 0.2) is 18.2 Å². The number of hydrogen-bond donors (Lipinski definition) is 0. The van der Waals surface area contributed by atoms with Crippen LogP contribution >= 0.6 is 0 Å². The van der Waals surface area contributed by atoms with E-state index in [1.807, 2.05) is 12.1 Å². The molecule has 0 unspecified atom stereocenters. The molecule has 6 nitrogen and oxygen atoms in total. The minimum Gasteiger partial charge on any atom is -0.493 e. The molecular formula is C13H17NO5. The summed E-state index contributed by atoms with van der Waals surface area (Å²) in [4.78, 5) is 10.5. The first-order chi connectivity index (χ1) is 8.99. The fraction of sp³-hybridized carbons (Fsp3) is 0.538. The molecule has 1 heterocycles. The normalized spacial score (nSPS) is 25.3. The molecule has 0 radical (unpaired) electrons. The van der Waals surface area contributed by atoms with Crippen molar-refractivity contribution < 1.29 is 19.1 Å². The molecule has 0 aromatic heterocycles. The number of rotatable bonds is 4. The fourth-order valence-electron chi connectivity index (χ4n) is 2.41. The molecule has 2 rings (SSSR count). The van der Waals surface area contributed by atoms with E-state index in [9.17, 15) is 10.1 Å². The van der Waals surface area contributed by atoms with Gasteiger partial charge in [0.25, 0.3) is 0 Å². The molecule has 0 saturated carbocycles. The highest BCUT2D eigenvalue weighted by atomic mass is 16.7. The summed E-state index contributed by atoms with van der Waals surface area (Å²) in [7, 11) is 3.07. The number of hydrogen-bond acceptors (Lipinski definition) is 5. The van der Waals surface area contributed by atoms with Gasteiger partial charge in [-0.1, -0.05) is 12.1 Å². The largest absolute Gasteiger partial charge is 0.493 e. The van der Waals surface area contributed by atoms with Crippen LogP contribution in [0.3, 0.4) is 0 Å². The Morgan fingerprint density at radius 3 is 2.84 bits per heavy atom. The van der Waals surface area contributed by atoms with Crippen LogP contribution in [0.4, 0.5) is 0 Å². The first-order valence-electron chi connectivity index (χ1n) is 6.02. The number of ether oxygens (including phenoxy) is 3. The van der Waals surface area contributed by atoms with Gasteiger partial charge >= 0.3 is 0 Å². The summed E-state index contributed by atoms with van der Waals surface area (Å²) in [5.41, 5.74) is 0.797. The fourth-order valence-corrected chi connectivity index (χ4v) is 2.41. The Kier molecular flexibility index (Phi) is 3.61. The molecule has 1 aromatic rings. The van der Waals surface area contributed by atoms with Gasteiger partial charge in [0.2, 0.25) is 12.3 Å². The second kappa shape index (κ2) is 5.05. The molecule has 0 spiro atoms. The van der Waals surface area contributed by atoms with Crippen LogP contribution < -0.4 is 9.47 Å². The second-order valence-corrected chi connectivity index (χ2v) is 4.73. The van der Waals surface area contributed by atoms with Gasteiger partial charge in [-0.05, 0) is 6.07 Å². The highest BCUT2D eigenvalue weighted by Crippen LogP contribution is 2.45. The Morgan fingerprint density at radius 2 is 2.26 bits per heavy atom. The monoisotopic (exact) mass is 267 g/mol. The summed E-state index contributed by atoms with van der Waals surface area (Å²) in [6, 6.07) is 5.41. The lowest BCUT2D eigenvalue weighted by Gasteiger charge is -2.37. The van der Waals surface area contributed by atoms with Gasteiger partial charge in [0.05, 0.1) is 13.0 Å². The molecule has 0 fully saturated rings. The molecule has 1 aliphatic heterocycles. The van der Waals surface area contributed by atoms with Crippen LogP contribution in [0, 0.1) is 10.1 Å². The molecule has 1 aromatic carbocycles. The minimum atomic E-state index is -0.873. The lowest BCUT2D eigenvalue weighted by molar-refractivity contribution is -0.485. The predicted molar refractivity (Wildman–Crippen MR) is 68.3 cm³/mol. The van der Waals surface area contributed by atoms with Crippen molar-refractivity contribution in [3.8, 4) is 11.5 Å². The molecule has 2 atom stereocenters. The predicted octanol–water partition coefficient (Wildman–Crippen LogP) is 2.20. The molecule has 0 N–H and O–H groups in total. The van der Waals surface area contributed by atoms with Crippen LogP contribution in [0.25, 0.3) is 0 Å². The Balaban J connectivity index is 2.46. The summed E-state index contributed by atoms with van der Waals surface area (Å²) >= 11 is 0. The molecule has 0 saturated heterocycles. The summed E-state index contributed by atoms with van der Waals surface area (Å²) in [6.07, 6.45) is 0.435. The maximum Gasteiger partial charge on any atom is 0.211 e. The Morgan fingerprint density at radius 1 is 1.53 bits per heavy atom. The SMILES string of the molecule is COc1cccc2c1O[C@](C)(OC)C[C@@H]2C[N+](=O)[O-]. The third kappa shape index (κ3) is 2.63. The van der Waals surface area contributed by atoms with Crippen molar-refractivity contribution >= 4 is 0 Å².